The number of hydrogen-bond acceptors (Lipinski definition) is 4. The molecule has 1 amide bonds. The van der Waals surface area contributed by atoms with Gasteiger partial charge in [-0.2, -0.15) is 0 Å². The van der Waals surface area contributed by atoms with E-state index >= 15 is 0 Å². The highest BCUT2D eigenvalue weighted by Gasteiger charge is 2.08. The Labute approximate surface area is 123 Å². The van der Waals surface area contributed by atoms with E-state index in [2.05, 4.69) is 5.32 Å². The number of anilines is 1. The Kier molecular flexibility index (Phi) is 5.31. The molecule has 0 spiro atoms. The van der Waals surface area contributed by atoms with E-state index in [0.717, 1.165) is 5.56 Å². The van der Waals surface area contributed by atoms with Gasteiger partial charge in [-0.05, 0) is 23.3 Å². The highest BCUT2D eigenvalue weighted by atomic mass is 16.5. The van der Waals surface area contributed by atoms with E-state index in [-0.39, 0.29) is 13.2 Å². The van der Waals surface area contributed by atoms with Gasteiger partial charge in [0, 0.05) is 12.2 Å². The fourth-order valence-electron chi connectivity index (χ4n) is 1.84. The molecule has 5 heteroatoms. The third kappa shape index (κ3) is 4.59. The molecule has 1 unspecified atom stereocenters. The van der Waals surface area contributed by atoms with E-state index in [1.54, 1.807) is 24.3 Å². The molecule has 0 aliphatic heterocycles. The van der Waals surface area contributed by atoms with Crippen LogP contribution in [0.15, 0.2) is 54.6 Å². The zero-order valence-corrected chi connectivity index (χ0v) is 11.5. The molecule has 5 nitrogen and oxygen atoms in total. The van der Waals surface area contributed by atoms with Crippen molar-refractivity contribution in [3.8, 4) is 0 Å². The van der Waals surface area contributed by atoms with E-state index < -0.39 is 12.2 Å². The standard InChI is InChI=1S/C16H18N2O3/c17-10-15(19)13-7-4-8-14(9-13)18-16(20)21-11-12-5-2-1-3-6-12/h1-9,15,19H,10-11,17H2,(H,18,20). The van der Waals surface area contributed by atoms with Crippen LogP contribution in [0.25, 0.3) is 0 Å². The number of rotatable bonds is 5. The minimum Gasteiger partial charge on any atom is -0.444 e. The number of nitrogens with one attached hydrogen (secondary N) is 1. The van der Waals surface area contributed by atoms with Crippen LogP contribution < -0.4 is 11.1 Å². The van der Waals surface area contributed by atoms with Gasteiger partial charge in [0.15, 0.2) is 0 Å². The highest BCUT2D eigenvalue weighted by molar-refractivity contribution is 5.84. The summed E-state index contributed by atoms with van der Waals surface area (Å²) in [7, 11) is 0. The third-order valence-electron chi connectivity index (χ3n) is 2.95. The number of amides is 1. The smallest absolute Gasteiger partial charge is 0.411 e. The van der Waals surface area contributed by atoms with Crippen LogP contribution in [0.1, 0.15) is 17.2 Å². The minimum absolute atomic E-state index is 0.127. The monoisotopic (exact) mass is 286 g/mol. The number of ether oxygens (including phenoxy) is 1. The normalized spacial score (nSPS) is 11.7. The molecule has 21 heavy (non-hydrogen) atoms. The van der Waals surface area contributed by atoms with E-state index in [0.29, 0.717) is 11.3 Å². The first kappa shape index (κ1) is 15.0. The Hall–Kier alpha value is -2.37. The number of hydrogen-bond donors (Lipinski definition) is 3. The molecule has 0 bridgehead atoms. The van der Waals surface area contributed by atoms with Gasteiger partial charge in [0.25, 0.3) is 0 Å². The molecule has 2 rings (SSSR count). The van der Waals surface area contributed by atoms with E-state index in [1.165, 1.54) is 0 Å². The number of benzene rings is 2. The van der Waals surface area contributed by atoms with Crippen molar-refractivity contribution in [3.63, 3.8) is 0 Å². The molecule has 0 fully saturated rings. The average Bonchev–Trinajstić information content (AvgIpc) is 2.53. The largest absolute Gasteiger partial charge is 0.444 e. The SMILES string of the molecule is NCC(O)c1cccc(NC(=O)OCc2ccccc2)c1. The first-order chi connectivity index (χ1) is 10.2. The van der Waals surface area contributed by atoms with Crippen LogP contribution in [0, 0.1) is 0 Å². The van der Waals surface area contributed by atoms with Crippen LogP contribution >= 0.6 is 0 Å². The van der Waals surface area contributed by atoms with Gasteiger partial charge in [-0.25, -0.2) is 4.79 Å². The lowest BCUT2D eigenvalue weighted by Crippen LogP contribution is -2.15. The van der Waals surface area contributed by atoms with Gasteiger partial charge in [-0.1, -0.05) is 42.5 Å². The second-order valence-electron chi connectivity index (χ2n) is 4.56. The van der Waals surface area contributed by atoms with Crippen molar-refractivity contribution >= 4 is 11.8 Å². The van der Waals surface area contributed by atoms with Crippen LogP contribution in [0.3, 0.4) is 0 Å². The predicted molar refractivity (Wildman–Crippen MR) is 80.7 cm³/mol. The van der Waals surface area contributed by atoms with Gasteiger partial charge in [-0.15, -0.1) is 0 Å². The maximum absolute atomic E-state index is 11.7. The zero-order valence-electron chi connectivity index (χ0n) is 11.5. The van der Waals surface area contributed by atoms with Crippen LogP contribution in [0.2, 0.25) is 0 Å². The van der Waals surface area contributed by atoms with E-state index in [4.69, 9.17) is 10.5 Å². The van der Waals surface area contributed by atoms with Crippen molar-refractivity contribution in [2.45, 2.75) is 12.7 Å². The maximum Gasteiger partial charge on any atom is 0.411 e. The third-order valence-corrected chi connectivity index (χ3v) is 2.95. The molecule has 1 atom stereocenters. The number of carbonyl (C=O) groups is 1. The van der Waals surface area contributed by atoms with Gasteiger partial charge in [0.1, 0.15) is 6.61 Å². The second kappa shape index (κ2) is 7.42. The zero-order chi connectivity index (χ0) is 15.1. The maximum atomic E-state index is 11.7. The number of aliphatic hydroxyl groups is 1. The van der Waals surface area contributed by atoms with Crippen molar-refractivity contribution in [3.05, 3.63) is 65.7 Å². The average molecular weight is 286 g/mol. The van der Waals surface area contributed by atoms with Gasteiger partial charge in [0.2, 0.25) is 0 Å². The van der Waals surface area contributed by atoms with E-state index in [1.807, 2.05) is 30.3 Å². The second-order valence-corrected chi connectivity index (χ2v) is 4.56. The van der Waals surface area contributed by atoms with Crippen LogP contribution in [0.4, 0.5) is 10.5 Å². The van der Waals surface area contributed by atoms with Crippen LogP contribution in [-0.2, 0) is 11.3 Å². The molecule has 110 valence electrons. The van der Waals surface area contributed by atoms with Crippen molar-refractivity contribution < 1.29 is 14.6 Å². The Morgan fingerprint density at radius 2 is 1.95 bits per heavy atom. The highest BCUT2D eigenvalue weighted by Crippen LogP contribution is 2.17. The molecule has 0 radical (unpaired) electrons. The van der Waals surface area contributed by atoms with Crippen molar-refractivity contribution in [2.75, 3.05) is 11.9 Å². The summed E-state index contributed by atoms with van der Waals surface area (Å²) in [6.45, 7) is 0.333. The molecule has 0 aliphatic rings. The fourth-order valence-corrected chi connectivity index (χ4v) is 1.84. The van der Waals surface area contributed by atoms with Crippen LogP contribution in [-0.4, -0.2) is 17.7 Å². The van der Waals surface area contributed by atoms with Gasteiger partial charge in [-0.3, -0.25) is 5.32 Å². The van der Waals surface area contributed by atoms with Gasteiger partial charge in [0.05, 0.1) is 6.10 Å². The lowest BCUT2D eigenvalue weighted by atomic mass is 10.1. The predicted octanol–water partition coefficient (Wildman–Crippen LogP) is 2.43. The Morgan fingerprint density at radius 1 is 1.19 bits per heavy atom. The molecular weight excluding hydrogens is 268 g/mol. The summed E-state index contributed by atoms with van der Waals surface area (Å²) < 4.78 is 5.12. The number of nitrogens with two attached hydrogens (primary N) is 1. The fraction of sp³-hybridized carbons (Fsp3) is 0.188. The van der Waals surface area contributed by atoms with Crippen molar-refractivity contribution in [1.82, 2.24) is 0 Å². The Balaban J connectivity index is 1.90. The Bertz CT molecular complexity index is 587. The lowest BCUT2D eigenvalue weighted by Gasteiger charge is -2.11. The summed E-state index contributed by atoms with van der Waals surface area (Å²) in [5, 5.41) is 12.3. The molecule has 4 N–H and O–H groups in total. The van der Waals surface area contributed by atoms with Gasteiger partial charge < -0.3 is 15.6 Å². The summed E-state index contributed by atoms with van der Waals surface area (Å²) in [4.78, 5) is 11.7. The number of carbonyl (C=O) groups excluding carboxylic acids is 1. The number of aliphatic hydroxyl groups excluding tert-OH is 1. The molecular formula is C16H18N2O3. The van der Waals surface area contributed by atoms with E-state index in [9.17, 15) is 9.90 Å². The summed E-state index contributed by atoms with van der Waals surface area (Å²) in [5.74, 6) is 0. The summed E-state index contributed by atoms with van der Waals surface area (Å²) in [6.07, 6.45) is -1.29. The molecule has 0 aliphatic carbocycles. The summed E-state index contributed by atoms with van der Waals surface area (Å²) >= 11 is 0. The minimum atomic E-state index is -0.743. The van der Waals surface area contributed by atoms with Gasteiger partial charge >= 0.3 is 6.09 Å². The molecule has 0 saturated heterocycles. The topological polar surface area (TPSA) is 84.6 Å². The molecule has 2 aromatic carbocycles. The van der Waals surface area contributed by atoms with Crippen LogP contribution in [0.5, 0.6) is 0 Å². The Morgan fingerprint density at radius 3 is 2.67 bits per heavy atom. The quantitative estimate of drug-likeness (QED) is 0.788. The molecule has 0 saturated carbocycles. The molecule has 0 aromatic heterocycles. The first-order valence-corrected chi connectivity index (χ1v) is 6.65. The summed E-state index contributed by atoms with van der Waals surface area (Å²) in [5.41, 5.74) is 7.53. The summed E-state index contributed by atoms with van der Waals surface area (Å²) in [6, 6.07) is 16.3. The van der Waals surface area contributed by atoms with Crippen molar-refractivity contribution in [1.29, 1.82) is 0 Å². The molecule has 0 heterocycles. The molecule has 2 aromatic rings. The lowest BCUT2D eigenvalue weighted by molar-refractivity contribution is 0.155. The van der Waals surface area contributed by atoms with Crippen molar-refractivity contribution in [2.24, 2.45) is 5.73 Å². The first-order valence-electron chi connectivity index (χ1n) is 6.65.